The van der Waals surface area contributed by atoms with Crippen LogP contribution in [0.3, 0.4) is 0 Å². The molecule has 0 atom stereocenters. The second-order valence-corrected chi connectivity index (χ2v) is 7.53. The molecule has 0 unspecified atom stereocenters. The van der Waals surface area contributed by atoms with Crippen molar-refractivity contribution in [1.82, 2.24) is 9.88 Å². The molecule has 0 saturated carbocycles. The maximum absolute atomic E-state index is 13.7. The minimum Gasteiger partial charge on any atom is -0.293 e. The molecule has 22 heavy (non-hydrogen) atoms. The predicted molar refractivity (Wildman–Crippen MR) is 92.6 cm³/mol. The Labute approximate surface area is 143 Å². The molecule has 0 amide bonds. The van der Waals surface area contributed by atoms with Crippen molar-refractivity contribution in [2.75, 3.05) is 6.54 Å². The van der Waals surface area contributed by atoms with E-state index in [-0.39, 0.29) is 5.82 Å². The fraction of sp³-hybridized carbons (Fsp3) is 0.471. The Hall–Kier alpha value is -0.780. The van der Waals surface area contributed by atoms with Crippen LogP contribution < -0.4 is 0 Å². The van der Waals surface area contributed by atoms with Gasteiger partial charge in [-0.25, -0.2) is 9.37 Å². The third-order valence-electron chi connectivity index (χ3n) is 4.10. The number of fused-ring (bicyclic) bond motifs is 1. The number of unbranched alkanes of at least 4 members (excludes halogenated alkanes) is 1. The first kappa shape index (κ1) is 16.1. The van der Waals surface area contributed by atoms with E-state index in [1.807, 2.05) is 6.07 Å². The molecule has 0 spiro atoms. The molecule has 0 bridgehead atoms. The van der Waals surface area contributed by atoms with E-state index in [0.717, 1.165) is 43.7 Å². The lowest BCUT2D eigenvalue weighted by molar-refractivity contribution is 0.242. The monoisotopic (exact) mass is 382 g/mol. The summed E-state index contributed by atoms with van der Waals surface area (Å²) in [6, 6.07) is 3.47. The standard InChI is InChI=1S/C17H20BrFN2S/c1-2-3-4-16-20-13(11-22-16)9-21-8-7-12-5-6-15(19)17(18)14(12)10-21/h5-6,11H,2-4,7-10H2,1H3. The van der Waals surface area contributed by atoms with Gasteiger partial charge in [0.05, 0.1) is 15.2 Å². The third-order valence-corrected chi connectivity index (χ3v) is 5.92. The van der Waals surface area contributed by atoms with Crippen molar-refractivity contribution in [1.29, 1.82) is 0 Å². The lowest BCUT2D eigenvalue weighted by Gasteiger charge is -2.29. The van der Waals surface area contributed by atoms with Crippen LogP contribution in [0.5, 0.6) is 0 Å². The zero-order chi connectivity index (χ0) is 15.5. The lowest BCUT2D eigenvalue weighted by Crippen LogP contribution is -2.30. The van der Waals surface area contributed by atoms with Gasteiger partial charge >= 0.3 is 0 Å². The van der Waals surface area contributed by atoms with Gasteiger partial charge in [0, 0.05) is 25.0 Å². The maximum Gasteiger partial charge on any atom is 0.137 e. The van der Waals surface area contributed by atoms with E-state index in [0.29, 0.717) is 4.47 Å². The molecule has 118 valence electrons. The number of benzene rings is 1. The number of aromatic nitrogens is 1. The Morgan fingerprint density at radius 2 is 2.27 bits per heavy atom. The van der Waals surface area contributed by atoms with Crippen LogP contribution in [-0.4, -0.2) is 16.4 Å². The molecule has 3 rings (SSSR count). The Kier molecular flexibility index (Phi) is 5.26. The summed E-state index contributed by atoms with van der Waals surface area (Å²) in [5, 5.41) is 3.41. The van der Waals surface area contributed by atoms with Gasteiger partial charge in [0.15, 0.2) is 0 Å². The van der Waals surface area contributed by atoms with Gasteiger partial charge in [-0.2, -0.15) is 0 Å². The summed E-state index contributed by atoms with van der Waals surface area (Å²) < 4.78 is 14.3. The van der Waals surface area contributed by atoms with Crippen LogP contribution in [0, 0.1) is 5.82 Å². The van der Waals surface area contributed by atoms with E-state index in [1.165, 1.54) is 23.4 Å². The van der Waals surface area contributed by atoms with Crippen LogP contribution in [0.1, 0.15) is 41.6 Å². The SMILES string of the molecule is CCCCc1nc(CN2CCc3ccc(F)c(Br)c3C2)cs1. The highest BCUT2D eigenvalue weighted by Gasteiger charge is 2.21. The van der Waals surface area contributed by atoms with Crippen molar-refractivity contribution in [3.05, 3.63) is 49.6 Å². The summed E-state index contributed by atoms with van der Waals surface area (Å²) in [4.78, 5) is 7.08. The molecular weight excluding hydrogens is 363 g/mol. The summed E-state index contributed by atoms with van der Waals surface area (Å²) in [6.45, 7) is 4.85. The Morgan fingerprint density at radius 3 is 3.09 bits per heavy atom. The van der Waals surface area contributed by atoms with Crippen LogP contribution in [-0.2, 0) is 25.9 Å². The highest BCUT2D eigenvalue weighted by atomic mass is 79.9. The second kappa shape index (κ2) is 7.20. The molecule has 0 saturated heterocycles. The van der Waals surface area contributed by atoms with E-state index < -0.39 is 0 Å². The van der Waals surface area contributed by atoms with Gasteiger partial charge in [0.1, 0.15) is 5.82 Å². The van der Waals surface area contributed by atoms with Gasteiger partial charge in [0.2, 0.25) is 0 Å². The quantitative estimate of drug-likeness (QED) is 0.727. The van der Waals surface area contributed by atoms with E-state index in [4.69, 9.17) is 4.98 Å². The van der Waals surface area contributed by atoms with E-state index in [1.54, 1.807) is 17.4 Å². The summed E-state index contributed by atoms with van der Waals surface area (Å²) in [5.41, 5.74) is 3.49. The minimum atomic E-state index is -0.170. The van der Waals surface area contributed by atoms with E-state index >= 15 is 0 Å². The van der Waals surface area contributed by atoms with Crippen molar-refractivity contribution in [2.45, 2.75) is 45.7 Å². The van der Waals surface area contributed by atoms with Crippen molar-refractivity contribution < 1.29 is 4.39 Å². The summed E-state index contributed by atoms with van der Waals surface area (Å²) in [7, 11) is 0. The summed E-state index contributed by atoms with van der Waals surface area (Å²) >= 11 is 5.16. The smallest absolute Gasteiger partial charge is 0.137 e. The average molecular weight is 383 g/mol. The van der Waals surface area contributed by atoms with Crippen LogP contribution in [0.2, 0.25) is 0 Å². The highest BCUT2D eigenvalue weighted by Crippen LogP contribution is 2.29. The summed E-state index contributed by atoms with van der Waals surface area (Å²) in [5.74, 6) is -0.170. The van der Waals surface area contributed by atoms with Gasteiger partial charge in [-0.15, -0.1) is 11.3 Å². The molecular formula is C17H20BrFN2S. The molecule has 2 aromatic rings. The van der Waals surface area contributed by atoms with Crippen molar-refractivity contribution >= 4 is 27.3 Å². The Bertz CT molecular complexity index is 656. The van der Waals surface area contributed by atoms with Gasteiger partial charge in [-0.05, 0) is 52.4 Å². The number of hydrogen-bond acceptors (Lipinski definition) is 3. The van der Waals surface area contributed by atoms with Crippen molar-refractivity contribution in [3.8, 4) is 0 Å². The van der Waals surface area contributed by atoms with Gasteiger partial charge in [-0.3, -0.25) is 4.90 Å². The normalized spacial score (nSPS) is 15.0. The van der Waals surface area contributed by atoms with Crippen molar-refractivity contribution in [2.24, 2.45) is 0 Å². The molecule has 0 aliphatic carbocycles. The first-order valence-electron chi connectivity index (χ1n) is 7.78. The topological polar surface area (TPSA) is 16.1 Å². The average Bonchev–Trinajstić information content (AvgIpc) is 2.97. The van der Waals surface area contributed by atoms with E-state index in [9.17, 15) is 4.39 Å². The van der Waals surface area contributed by atoms with Crippen LogP contribution in [0.15, 0.2) is 22.0 Å². The number of halogens is 2. The molecule has 1 aliphatic rings. The van der Waals surface area contributed by atoms with Crippen LogP contribution in [0.25, 0.3) is 0 Å². The molecule has 2 nitrogen and oxygen atoms in total. The first-order chi connectivity index (χ1) is 10.7. The number of nitrogens with zero attached hydrogens (tertiary/aromatic N) is 2. The van der Waals surface area contributed by atoms with Gasteiger partial charge in [0.25, 0.3) is 0 Å². The van der Waals surface area contributed by atoms with Crippen LogP contribution >= 0.6 is 27.3 Å². The second-order valence-electron chi connectivity index (χ2n) is 5.80. The van der Waals surface area contributed by atoms with Gasteiger partial charge < -0.3 is 0 Å². The largest absolute Gasteiger partial charge is 0.293 e. The molecule has 1 aliphatic heterocycles. The van der Waals surface area contributed by atoms with Crippen LogP contribution in [0.4, 0.5) is 4.39 Å². The maximum atomic E-state index is 13.7. The Morgan fingerprint density at radius 1 is 1.41 bits per heavy atom. The first-order valence-corrected chi connectivity index (χ1v) is 9.46. The zero-order valence-electron chi connectivity index (χ0n) is 12.7. The summed E-state index contributed by atoms with van der Waals surface area (Å²) in [6.07, 6.45) is 4.47. The predicted octanol–water partition coefficient (Wildman–Crippen LogP) is 4.95. The molecule has 2 heterocycles. The fourth-order valence-electron chi connectivity index (χ4n) is 2.85. The van der Waals surface area contributed by atoms with Gasteiger partial charge in [-0.1, -0.05) is 19.4 Å². The number of thiazole rings is 1. The zero-order valence-corrected chi connectivity index (χ0v) is 15.1. The number of rotatable bonds is 5. The lowest BCUT2D eigenvalue weighted by atomic mass is 9.99. The molecule has 5 heteroatoms. The number of aryl methyl sites for hydroxylation is 1. The molecule has 1 aromatic carbocycles. The van der Waals surface area contributed by atoms with Crippen molar-refractivity contribution in [3.63, 3.8) is 0 Å². The minimum absolute atomic E-state index is 0.170. The van der Waals surface area contributed by atoms with E-state index in [2.05, 4.69) is 33.1 Å². The molecule has 0 radical (unpaired) electrons. The highest BCUT2D eigenvalue weighted by molar-refractivity contribution is 9.10. The Balaban J connectivity index is 1.67. The third kappa shape index (κ3) is 3.58. The number of hydrogen-bond donors (Lipinski definition) is 0. The molecule has 0 N–H and O–H groups in total. The molecule has 0 fully saturated rings. The fourth-order valence-corrected chi connectivity index (χ4v) is 4.19. The molecule has 1 aromatic heterocycles.